The van der Waals surface area contributed by atoms with E-state index >= 15 is 0 Å². The molecule has 2 rings (SSSR count). The number of ether oxygens (including phenoxy) is 1. The van der Waals surface area contributed by atoms with Gasteiger partial charge in [0.25, 0.3) is 0 Å². The molecule has 1 saturated heterocycles. The van der Waals surface area contributed by atoms with Crippen LogP contribution in [0.5, 0.6) is 0 Å². The molecular weight excluding hydrogens is 276 g/mol. The molecule has 2 unspecified atom stereocenters. The lowest BCUT2D eigenvalue weighted by atomic mass is 9.95. The van der Waals surface area contributed by atoms with Crippen molar-refractivity contribution in [3.8, 4) is 0 Å². The SMILES string of the molecule is CCc1ccc(CC)c(C(Br)C2CCCO2)c1. The molecule has 0 spiro atoms. The Bertz CT molecular complexity index is 369. The monoisotopic (exact) mass is 296 g/mol. The molecule has 1 fully saturated rings. The molecule has 17 heavy (non-hydrogen) atoms. The fourth-order valence-corrected chi connectivity index (χ4v) is 3.32. The maximum Gasteiger partial charge on any atom is 0.0741 e. The fourth-order valence-electron chi connectivity index (χ4n) is 2.48. The Hall–Kier alpha value is -0.340. The Morgan fingerprint density at radius 3 is 2.76 bits per heavy atom. The zero-order valence-electron chi connectivity index (χ0n) is 10.7. The maximum atomic E-state index is 5.80. The zero-order valence-corrected chi connectivity index (χ0v) is 12.3. The van der Waals surface area contributed by atoms with Gasteiger partial charge < -0.3 is 4.74 Å². The predicted octanol–water partition coefficient (Wildman–Crippen LogP) is 4.43. The molecule has 1 aliphatic heterocycles. The largest absolute Gasteiger partial charge is 0.377 e. The molecule has 1 nitrogen and oxygen atoms in total. The lowest BCUT2D eigenvalue weighted by Gasteiger charge is -2.21. The number of benzene rings is 1. The van der Waals surface area contributed by atoms with E-state index in [4.69, 9.17) is 4.74 Å². The van der Waals surface area contributed by atoms with E-state index in [1.807, 2.05) is 0 Å². The molecule has 1 aromatic carbocycles. The molecule has 1 heterocycles. The van der Waals surface area contributed by atoms with Crippen LogP contribution in [0.3, 0.4) is 0 Å². The second kappa shape index (κ2) is 6.01. The van der Waals surface area contributed by atoms with E-state index in [2.05, 4.69) is 48.0 Å². The van der Waals surface area contributed by atoms with Crippen LogP contribution in [-0.4, -0.2) is 12.7 Å². The molecule has 0 N–H and O–H groups in total. The van der Waals surface area contributed by atoms with Crippen LogP contribution in [0.25, 0.3) is 0 Å². The van der Waals surface area contributed by atoms with Gasteiger partial charge in [-0.3, -0.25) is 0 Å². The van der Waals surface area contributed by atoms with Gasteiger partial charge in [-0.05, 0) is 42.4 Å². The van der Waals surface area contributed by atoms with Gasteiger partial charge in [0.1, 0.15) is 0 Å². The summed E-state index contributed by atoms with van der Waals surface area (Å²) in [5, 5.41) is 0. The first kappa shape index (κ1) is 13.1. The highest BCUT2D eigenvalue weighted by atomic mass is 79.9. The second-order valence-corrected chi connectivity index (χ2v) is 5.68. The Balaban J connectivity index is 2.27. The minimum atomic E-state index is 0.353. The summed E-state index contributed by atoms with van der Waals surface area (Å²) in [5.41, 5.74) is 4.29. The van der Waals surface area contributed by atoms with E-state index in [0.717, 1.165) is 19.4 Å². The quantitative estimate of drug-likeness (QED) is 0.747. The lowest BCUT2D eigenvalue weighted by Crippen LogP contribution is -2.14. The number of halogens is 1. The van der Waals surface area contributed by atoms with Gasteiger partial charge in [-0.1, -0.05) is 48.0 Å². The zero-order chi connectivity index (χ0) is 12.3. The Labute approximate surface area is 113 Å². The van der Waals surface area contributed by atoms with Crippen molar-refractivity contribution < 1.29 is 4.74 Å². The summed E-state index contributed by atoms with van der Waals surface area (Å²) in [6, 6.07) is 6.87. The molecule has 0 aromatic heterocycles. The van der Waals surface area contributed by atoms with E-state index < -0.39 is 0 Å². The van der Waals surface area contributed by atoms with Crippen molar-refractivity contribution in [1.82, 2.24) is 0 Å². The van der Waals surface area contributed by atoms with Gasteiger partial charge in [0.05, 0.1) is 10.9 Å². The van der Waals surface area contributed by atoms with Gasteiger partial charge in [0.2, 0.25) is 0 Å². The summed E-state index contributed by atoms with van der Waals surface area (Å²) in [5.74, 6) is 0. The number of aryl methyl sites for hydroxylation is 2. The maximum absolute atomic E-state index is 5.80. The van der Waals surface area contributed by atoms with Crippen molar-refractivity contribution in [2.45, 2.75) is 50.5 Å². The smallest absolute Gasteiger partial charge is 0.0741 e. The molecule has 1 aromatic rings. The summed E-state index contributed by atoms with van der Waals surface area (Å²) in [4.78, 5) is 0.353. The summed E-state index contributed by atoms with van der Waals surface area (Å²) >= 11 is 3.84. The van der Waals surface area contributed by atoms with Crippen LogP contribution in [0.15, 0.2) is 18.2 Å². The minimum Gasteiger partial charge on any atom is -0.377 e. The Morgan fingerprint density at radius 1 is 1.35 bits per heavy atom. The van der Waals surface area contributed by atoms with E-state index in [-0.39, 0.29) is 0 Å². The third kappa shape index (κ3) is 2.92. The summed E-state index contributed by atoms with van der Waals surface area (Å²) < 4.78 is 5.80. The fraction of sp³-hybridized carbons (Fsp3) is 0.600. The first-order valence-corrected chi connectivity index (χ1v) is 7.55. The molecule has 1 aliphatic rings. The molecule has 0 amide bonds. The third-order valence-electron chi connectivity index (χ3n) is 3.59. The van der Waals surface area contributed by atoms with Gasteiger partial charge in [0.15, 0.2) is 0 Å². The Kier molecular flexibility index (Phi) is 4.63. The second-order valence-electron chi connectivity index (χ2n) is 4.69. The van der Waals surface area contributed by atoms with Crippen molar-refractivity contribution in [1.29, 1.82) is 0 Å². The van der Waals surface area contributed by atoms with Crippen molar-refractivity contribution in [2.75, 3.05) is 6.61 Å². The summed E-state index contributed by atoms with van der Waals surface area (Å²) in [7, 11) is 0. The highest BCUT2D eigenvalue weighted by Crippen LogP contribution is 2.36. The van der Waals surface area contributed by atoms with E-state index in [9.17, 15) is 0 Å². The number of alkyl halides is 1. The van der Waals surface area contributed by atoms with Crippen LogP contribution >= 0.6 is 15.9 Å². The average Bonchev–Trinajstić information content (AvgIpc) is 2.91. The molecule has 0 radical (unpaired) electrons. The molecular formula is C15H21BrO. The van der Waals surface area contributed by atoms with Crippen molar-refractivity contribution in [3.63, 3.8) is 0 Å². The van der Waals surface area contributed by atoms with Crippen LogP contribution in [0, 0.1) is 0 Å². The van der Waals surface area contributed by atoms with E-state index in [1.165, 1.54) is 29.5 Å². The van der Waals surface area contributed by atoms with Crippen LogP contribution in [-0.2, 0) is 17.6 Å². The first-order valence-electron chi connectivity index (χ1n) is 6.63. The molecule has 0 aliphatic carbocycles. The Morgan fingerprint density at radius 2 is 2.18 bits per heavy atom. The van der Waals surface area contributed by atoms with Crippen LogP contribution in [0.4, 0.5) is 0 Å². The minimum absolute atomic E-state index is 0.353. The van der Waals surface area contributed by atoms with Crippen molar-refractivity contribution >= 4 is 15.9 Å². The lowest BCUT2D eigenvalue weighted by molar-refractivity contribution is 0.110. The third-order valence-corrected chi connectivity index (χ3v) is 4.67. The van der Waals surface area contributed by atoms with Gasteiger partial charge in [-0.15, -0.1) is 0 Å². The number of hydrogen-bond donors (Lipinski definition) is 0. The van der Waals surface area contributed by atoms with Crippen LogP contribution < -0.4 is 0 Å². The molecule has 2 atom stereocenters. The van der Waals surface area contributed by atoms with Gasteiger partial charge in [-0.2, -0.15) is 0 Å². The van der Waals surface area contributed by atoms with Crippen molar-refractivity contribution in [2.24, 2.45) is 0 Å². The molecule has 0 bridgehead atoms. The summed E-state index contributed by atoms with van der Waals surface area (Å²) in [6.07, 6.45) is 4.92. The van der Waals surface area contributed by atoms with Gasteiger partial charge in [0, 0.05) is 6.61 Å². The van der Waals surface area contributed by atoms with Gasteiger partial charge in [-0.25, -0.2) is 0 Å². The molecule has 2 heteroatoms. The highest BCUT2D eigenvalue weighted by molar-refractivity contribution is 9.09. The average molecular weight is 297 g/mol. The number of rotatable bonds is 4. The first-order chi connectivity index (χ1) is 8.26. The van der Waals surface area contributed by atoms with E-state index in [0.29, 0.717) is 10.9 Å². The van der Waals surface area contributed by atoms with Crippen LogP contribution in [0.1, 0.15) is 48.2 Å². The van der Waals surface area contributed by atoms with E-state index in [1.54, 1.807) is 0 Å². The molecule has 0 saturated carbocycles. The molecule has 94 valence electrons. The van der Waals surface area contributed by atoms with Crippen molar-refractivity contribution in [3.05, 3.63) is 34.9 Å². The summed E-state index contributed by atoms with van der Waals surface area (Å²) in [6.45, 7) is 5.35. The number of hydrogen-bond acceptors (Lipinski definition) is 1. The van der Waals surface area contributed by atoms with Gasteiger partial charge >= 0.3 is 0 Å². The standard InChI is InChI=1S/C15H21BrO/c1-3-11-7-8-12(4-2)13(10-11)15(16)14-6-5-9-17-14/h7-8,10,14-15H,3-6,9H2,1-2H3. The topological polar surface area (TPSA) is 9.23 Å². The highest BCUT2D eigenvalue weighted by Gasteiger charge is 2.26. The predicted molar refractivity (Wildman–Crippen MR) is 75.8 cm³/mol. The normalized spacial score (nSPS) is 21.7. The van der Waals surface area contributed by atoms with Crippen LogP contribution in [0.2, 0.25) is 0 Å².